The topological polar surface area (TPSA) is 151 Å². The molecule has 4 atom stereocenters. The number of amides is 2. The molecule has 0 heterocycles. The quantitative estimate of drug-likeness (QED) is 0.346. The zero-order valence-corrected chi connectivity index (χ0v) is 23.6. The SMILES string of the molecule is CC(C)(C)OC(=O)N[C@@H]1CC/C=C\CC[C@@H]1C(=O)O.CC(C)(C)OC(=O)N[C@H]1CC/C=C\CC[C@H]1C(=O)O. The number of carboxylic acids is 2. The second kappa shape index (κ2) is 15.4. The number of carbonyl (C=O) groups excluding carboxylic acids is 2. The highest BCUT2D eigenvalue weighted by Gasteiger charge is 2.31. The fraction of sp³-hybridized carbons (Fsp3) is 0.714. The van der Waals surface area contributed by atoms with Gasteiger partial charge in [-0.15, -0.1) is 0 Å². The standard InChI is InChI=1S/2C14H23NO4/c2*1-14(2,3)19-13(18)15-11-9-7-5-4-6-8-10(11)12(16)17/h2*4-5,10-11H,6-9H2,1-3H3,(H,15,18)(H,16,17)/b2*5-4-/t2*10-,11+/m10/s1. The molecule has 0 fully saturated rings. The Morgan fingerprint density at radius 2 is 0.895 bits per heavy atom. The molecule has 0 spiro atoms. The summed E-state index contributed by atoms with van der Waals surface area (Å²) in [4.78, 5) is 46.1. The van der Waals surface area contributed by atoms with E-state index in [1.54, 1.807) is 41.5 Å². The van der Waals surface area contributed by atoms with Gasteiger partial charge in [-0.2, -0.15) is 0 Å². The summed E-state index contributed by atoms with van der Waals surface area (Å²) >= 11 is 0. The summed E-state index contributed by atoms with van der Waals surface area (Å²) in [6, 6.07) is -0.755. The van der Waals surface area contributed by atoms with E-state index in [1.165, 1.54) is 0 Å². The first-order valence-corrected chi connectivity index (χ1v) is 13.3. The van der Waals surface area contributed by atoms with Crippen molar-refractivity contribution in [1.29, 1.82) is 0 Å². The third-order valence-corrected chi connectivity index (χ3v) is 5.92. The number of aliphatic carboxylic acids is 2. The van der Waals surface area contributed by atoms with Crippen LogP contribution in [0, 0.1) is 11.8 Å². The summed E-state index contributed by atoms with van der Waals surface area (Å²) in [7, 11) is 0. The highest BCUT2D eigenvalue weighted by Crippen LogP contribution is 2.22. The Kier molecular flexibility index (Phi) is 13.4. The zero-order valence-electron chi connectivity index (χ0n) is 23.6. The Hall–Kier alpha value is -3.04. The van der Waals surface area contributed by atoms with E-state index in [0.29, 0.717) is 25.7 Å². The lowest BCUT2D eigenvalue weighted by molar-refractivity contribution is -0.144. The molecule has 0 bridgehead atoms. The average molecular weight is 539 g/mol. The lowest BCUT2D eigenvalue weighted by Crippen LogP contribution is -2.45. The maximum Gasteiger partial charge on any atom is 0.407 e. The molecule has 10 nitrogen and oxygen atoms in total. The minimum atomic E-state index is -0.864. The van der Waals surface area contributed by atoms with Crippen LogP contribution in [0.1, 0.15) is 92.9 Å². The average Bonchev–Trinajstić information content (AvgIpc) is 2.69. The number of nitrogens with one attached hydrogen (secondary N) is 2. The van der Waals surface area contributed by atoms with Crippen LogP contribution in [0.3, 0.4) is 0 Å². The van der Waals surface area contributed by atoms with Gasteiger partial charge in [0.2, 0.25) is 0 Å². The molecule has 0 saturated carbocycles. The summed E-state index contributed by atoms with van der Waals surface area (Å²) in [6.45, 7) is 10.7. The summed E-state index contributed by atoms with van der Waals surface area (Å²) in [5, 5.41) is 23.9. The minimum Gasteiger partial charge on any atom is -0.481 e. The number of hydrogen-bond acceptors (Lipinski definition) is 6. The Bertz CT molecular complexity index is 784. The molecule has 0 aromatic rings. The lowest BCUT2D eigenvalue weighted by atomic mass is 9.89. The van der Waals surface area contributed by atoms with Crippen LogP contribution in [-0.4, -0.2) is 57.6 Å². The normalized spacial score (nSPS) is 25.8. The van der Waals surface area contributed by atoms with Gasteiger partial charge in [0.05, 0.1) is 11.8 Å². The monoisotopic (exact) mass is 538 g/mol. The van der Waals surface area contributed by atoms with Crippen LogP contribution in [0.25, 0.3) is 0 Å². The van der Waals surface area contributed by atoms with Crippen LogP contribution in [0.4, 0.5) is 9.59 Å². The Labute approximate surface area is 226 Å². The molecule has 2 aliphatic carbocycles. The van der Waals surface area contributed by atoms with Crippen molar-refractivity contribution in [2.24, 2.45) is 11.8 Å². The maximum atomic E-state index is 11.7. The number of rotatable bonds is 4. The minimum absolute atomic E-state index is 0.378. The Morgan fingerprint density at radius 1 is 0.605 bits per heavy atom. The first-order valence-electron chi connectivity index (χ1n) is 13.3. The van der Waals surface area contributed by atoms with Crippen molar-refractivity contribution in [2.75, 3.05) is 0 Å². The molecule has 0 aromatic carbocycles. The largest absolute Gasteiger partial charge is 0.481 e. The second-order valence-electron chi connectivity index (χ2n) is 11.6. The Balaban J connectivity index is 0.000000380. The van der Waals surface area contributed by atoms with Crippen molar-refractivity contribution in [3.63, 3.8) is 0 Å². The lowest BCUT2D eigenvalue weighted by Gasteiger charge is -2.27. The fourth-order valence-corrected chi connectivity index (χ4v) is 4.23. The Morgan fingerprint density at radius 3 is 1.16 bits per heavy atom. The molecule has 0 radical (unpaired) electrons. The van der Waals surface area contributed by atoms with E-state index in [9.17, 15) is 29.4 Å². The number of ether oxygens (including phenoxy) is 2. The van der Waals surface area contributed by atoms with Crippen LogP contribution in [0.15, 0.2) is 24.3 Å². The van der Waals surface area contributed by atoms with Crippen LogP contribution in [-0.2, 0) is 19.1 Å². The molecular weight excluding hydrogens is 492 g/mol. The van der Waals surface area contributed by atoms with Crippen LogP contribution in [0.2, 0.25) is 0 Å². The van der Waals surface area contributed by atoms with Gasteiger partial charge >= 0.3 is 24.1 Å². The van der Waals surface area contributed by atoms with Gasteiger partial charge in [-0.1, -0.05) is 24.3 Å². The first kappa shape index (κ1) is 33.0. The number of hydrogen-bond donors (Lipinski definition) is 4. The van der Waals surface area contributed by atoms with Crippen molar-refractivity contribution in [1.82, 2.24) is 10.6 Å². The van der Waals surface area contributed by atoms with E-state index in [4.69, 9.17) is 9.47 Å². The predicted octanol–water partition coefficient (Wildman–Crippen LogP) is 5.42. The van der Waals surface area contributed by atoms with E-state index in [1.807, 2.05) is 24.3 Å². The van der Waals surface area contributed by atoms with Gasteiger partial charge in [0.15, 0.2) is 0 Å². The number of carbonyl (C=O) groups is 4. The van der Waals surface area contributed by atoms with Crippen molar-refractivity contribution < 1.29 is 38.9 Å². The van der Waals surface area contributed by atoms with Gasteiger partial charge in [-0.25, -0.2) is 9.59 Å². The van der Waals surface area contributed by atoms with Gasteiger partial charge < -0.3 is 30.3 Å². The maximum absolute atomic E-state index is 11.7. The van der Waals surface area contributed by atoms with Crippen molar-refractivity contribution in [3.05, 3.63) is 24.3 Å². The summed E-state index contributed by atoms with van der Waals surface area (Å²) in [5.74, 6) is -2.84. The number of alkyl carbamates (subject to hydrolysis) is 2. The van der Waals surface area contributed by atoms with Gasteiger partial charge in [-0.05, 0) is 92.9 Å². The molecule has 2 rings (SSSR count). The first-order chi connectivity index (χ1) is 17.6. The van der Waals surface area contributed by atoms with Gasteiger partial charge in [0.1, 0.15) is 11.2 Å². The smallest absolute Gasteiger partial charge is 0.407 e. The van der Waals surface area contributed by atoms with Crippen molar-refractivity contribution >= 4 is 24.1 Å². The molecule has 0 unspecified atom stereocenters. The second-order valence-corrected chi connectivity index (χ2v) is 11.6. The number of carboxylic acid groups (broad SMARTS) is 2. The van der Waals surface area contributed by atoms with Crippen LogP contribution < -0.4 is 10.6 Å². The molecule has 0 saturated heterocycles. The molecule has 0 aromatic heterocycles. The fourth-order valence-electron chi connectivity index (χ4n) is 4.23. The van der Waals surface area contributed by atoms with Gasteiger partial charge in [0, 0.05) is 12.1 Å². The van der Waals surface area contributed by atoms with E-state index in [0.717, 1.165) is 25.7 Å². The molecule has 4 N–H and O–H groups in total. The van der Waals surface area contributed by atoms with Crippen molar-refractivity contribution in [2.45, 2.75) is 116 Å². The highest BCUT2D eigenvalue weighted by molar-refractivity contribution is 5.74. The van der Waals surface area contributed by atoms with E-state index < -0.39 is 47.2 Å². The van der Waals surface area contributed by atoms with Gasteiger partial charge in [-0.3, -0.25) is 9.59 Å². The van der Waals surface area contributed by atoms with Crippen LogP contribution in [0.5, 0.6) is 0 Å². The third-order valence-electron chi connectivity index (χ3n) is 5.92. The molecule has 0 aliphatic heterocycles. The third kappa shape index (κ3) is 14.0. The molecular formula is C28H46N2O8. The predicted molar refractivity (Wildman–Crippen MR) is 144 cm³/mol. The zero-order chi connectivity index (χ0) is 28.9. The van der Waals surface area contributed by atoms with E-state index >= 15 is 0 Å². The van der Waals surface area contributed by atoms with Crippen molar-refractivity contribution in [3.8, 4) is 0 Å². The summed E-state index contributed by atoms with van der Waals surface area (Å²) in [5.41, 5.74) is -1.16. The number of allylic oxidation sites excluding steroid dienone is 4. The van der Waals surface area contributed by atoms with Gasteiger partial charge in [0.25, 0.3) is 0 Å². The summed E-state index contributed by atoms with van der Waals surface area (Å²) in [6.07, 6.45) is 12.3. The molecule has 10 heteroatoms. The summed E-state index contributed by atoms with van der Waals surface area (Å²) < 4.78 is 10.4. The molecule has 2 aliphatic rings. The molecule has 38 heavy (non-hydrogen) atoms. The van der Waals surface area contributed by atoms with E-state index in [2.05, 4.69) is 10.6 Å². The molecule has 2 amide bonds. The molecule has 216 valence electrons. The van der Waals surface area contributed by atoms with Crippen LogP contribution >= 0.6 is 0 Å². The van der Waals surface area contributed by atoms with E-state index in [-0.39, 0.29) is 12.1 Å². The highest BCUT2D eigenvalue weighted by atomic mass is 16.6.